The average molecular weight is 274 g/mol. The summed E-state index contributed by atoms with van der Waals surface area (Å²) < 4.78 is 5.47. The van der Waals surface area contributed by atoms with Crippen LogP contribution in [0.15, 0.2) is 55.4 Å². The highest BCUT2D eigenvalue weighted by Gasteiger charge is 2.15. The Morgan fingerprint density at radius 1 is 1.42 bits per heavy atom. The zero-order valence-corrected chi connectivity index (χ0v) is 10.9. The van der Waals surface area contributed by atoms with Crippen molar-refractivity contribution in [3.63, 3.8) is 0 Å². The molecule has 0 amide bonds. The van der Waals surface area contributed by atoms with E-state index in [1.807, 2.05) is 0 Å². The fourth-order valence-corrected chi connectivity index (χ4v) is 1.78. The number of aromatic nitrogens is 1. The van der Waals surface area contributed by atoms with E-state index in [-0.39, 0.29) is 5.78 Å². The number of benzene rings is 1. The van der Waals surface area contributed by atoms with Crippen LogP contribution >= 0.6 is 11.6 Å². The summed E-state index contributed by atoms with van der Waals surface area (Å²) >= 11 is 5.94. The largest absolute Gasteiger partial charge is 0.489 e. The predicted octanol–water partition coefficient (Wildman–Crippen LogP) is 3.53. The Morgan fingerprint density at radius 3 is 2.95 bits per heavy atom. The van der Waals surface area contributed by atoms with Gasteiger partial charge in [0, 0.05) is 23.0 Å². The van der Waals surface area contributed by atoms with Crippen LogP contribution in [0.2, 0.25) is 5.02 Å². The fourth-order valence-electron chi connectivity index (χ4n) is 1.61. The van der Waals surface area contributed by atoms with Crippen molar-refractivity contribution in [3.05, 3.63) is 71.5 Å². The number of halogens is 1. The molecule has 0 N–H and O–H groups in total. The standard InChI is InChI=1S/C15H12ClNO2/c1-2-8-19-14-6-5-12(16)9-13(14)15(18)11-4-3-7-17-10-11/h2-7,9-10H,1,8H2. The molecule has 2 rings (SSSR count). The first-order valence-electron chi connectivity index (χ1n) is 5.70. The Kier molecular flexibility index (Phi) is 4.31. The van der Waals surface area contributed by atoms with Gasteiger partial charge in [0.15, 0.2) is 5.78 Å². The third-order valence-corrected chi connectivity index (χ3v) is 2.70. The monoisotopic (exact) mass is 273 g/mol. The Morgan fingerprint density at radius 2 is 2.26 bits per heavy atom. The molecule has 0 saturated carbocycles. The molecule has 3 nitrogen and oxygen atoms in total. The van der Waals surface area contributed by atoms with Crippen LogP contribution < -0.4 is 4.74 Å². The molecule has 1 aromatic carbocycles. The van der Waals surface area contributed by atoms with Crippen molar-refractivity contribution in [1.29, 1.82) is 0 Å². The molecule has 0 bridgehead atoms. The number of ether oxygens (including phenoxy) is 1. The van der Waals surface area contributed by atoms with Crippen LogP contribution in [-0.4, -0.2) is 17.4 Å². The molecule has 2 aromatic rings. The number of carbonyl (C=O) groups is 1. The number of pyridine rings is 1. The van der Waals surface area contributed by atoms with Gasteiger partial charge in [0.1, 0.15) is 12.4 Å². The first-order chi connectivity index (χ1) is 9.22. The molecule has 0 radical (unpaired) electrons. The summed E-state index contributed by atoms with van der Waals surface area (Å²) in [6.45, 7) is 3.91. The van der Waals surface area contributed by atoms with Crippen molar-refractivity contribution in [2.45, 2.75) is 0 Å². The molecular weight excluding hydrogens is 262 g/mol. The molecule has 0 aliphatic carbocycles. The van der Waals surface area contributed by atoms with Crippen LogP contribution in [0.5, 0.6) is 5.75 Å². The normalized spacial score (nSPS) is 9.95. The van der Waals surface area contributed by atoms with Crippen LogP contribution in [0.25, 0.3) is 0 Å². The Balaban J connectivity index is 2.39. The number of rotatable bonds is 5. The second-order valence-electron chi connectivity index (χ2n) is 3.81. The predicted molar refractivity (Wildman–Crippen MR) is 74.8 cm³/mol. The van der Waals surface area contributed by atoms with E-state index in [0.717, 1.165) is 0 Å². The van der Waals surface area contributed by atoms with Gasteiger partial charge in [-0.2, -0.15) is 0 Å². The van der Waals surface area contributed by atoms with Crippen molar-refractivity contribution in [2.24, 2.45) is 0 Å². The van der Waals surface area contributed by atoms with Gasteiger partial charge in [0.2, 0.25) is 0 Å². The number of carbonyl (C=O) groups excluding carboxylic acids is 1. The molecule has 0 fully saturated rings. The van der Waals surface area contributed by atoms with Gasteiger partial charge in [-0.25, -0.2) is 0 Å². The zero-order valence-electron chi connectivity index (χ0n) is 10.2. The molecule has 0 atom stereocenters. The van der Waals surface area contributed by atoms with Crippen LogP contribution in [0, 0.1) is 0 Å². The summed E-state index contributed by atoms with van der Waals surface area (Å²) in [6, 6.07) is 8.36. The second-order valence-corrected chi connectivity index (χ2v) is 4.25. The summed E-state index contributed by atoms with van der Waals surface area (Å²) in [5.74, 6) is 0.313. The van der Waals surface area contributed by atoms with E-state index >= 15 is 0 Å². The van der Waals surface area contributed by atoms with Gasteiger partial charge < -0.3 is 4.74 Å². The lowest BCUT2D eigenvalue weighted by atomic mass is 10.0. The Bertz CT molecular complexity index is 596. The van der Waals surface area contributed by atoms with Gasteiger partial charge in [-0.15, -0.1) is 0 Å². The molecule has 4 heteroatoms. The lowest BCUT2D eigenvalue weighted by Gasteiger charge is -2.09. The third-order valence-electron chi connectivity index (χ3n) is 2.47. The van der Waals surface area contributed by atoms with E-state index in [9.17, 15) is 4.79 Å². The maximum absolute atomic E-state index is 12.4. The minimum Gasteiger partial charge on any atom is -0.489 e. The van der Waals surface area contributed by atoms with Crippen molar-refractivity contribution in [2.75, 3.05) is 6.61 Å². The smallest absolute Gasteiger partial charge is 0.198 e. The topological polar surface area (TPSA) is 39.2 Å². The molecular formula is C15H12ClNO2. The van der Waals surface area contributed by atoms with Crippen molar-refractivity contribution >= 4 is 17.4 Å². The molecule has 0 saturated heterocycles. The highest BCUT2D eigenvalue weighted by molar-refractivity contribution is 6.31. The van der Waals surface area contributed by atoms with Gasteiger partial charge in [0.25, 0.3) is 0 Å². The number of nitrogens with zero attached hydrogens (tertiary/aromatic N) is 1. The van der Waals surface area contributed by atoms with Gasteiger partial charge >= 0.3 is 0 Å². The maximum atomic E-state index is 12.4. The summed E-state index contributed by atoms with van der Waals surface area (Å²) in [4.78, 5) is 16.3. The maximum Gasteiger partial charge on any atom is 0.198 e. The third kappa shape index (κ3) is 3.20. The summed E-state index contributed by atoms with van der Waals surface area (Å²) in [5, 5.41) is 0.484. The Labute approximate surface area is 116 Å². The lowest BCUT2D eigenvalue weighted by Crippen LogP contribution is -2.06. The molecule has 0 unspecified atom stereocenters. The zero-order chi connectivity index (χ0) is 13.7. The van der Waals surface area contributed by atoms with Crippen molar-refractivity contribution < 1.29 is 9.53 Å². The molecule has 19 heavy (non-hydrogen) atoms. The molecule has 1 aromatic heterocycles. The average Bonchev–Trinajstić information content (AvgIpc) is 2.46. The number of hydrogen-bond acceptors (Lipinski definition) is 3. The fraction of sp³-hybridized carbons (Fsp3) is 0.0667. The van der Waals surface area contributed by atoms with Crippen LogP contribution in [0.1, 0.15) is 15.9 Å². The van der Waals surface area contributed by atoms with E-state index in [2.05, 4.69) is 11.6 Å². The van der Waals surface area contributed by atoms with Crippen LogP contribution in [0.3, 0.4) is 0 Å². The minimum atomic E-state index is -0.172. The first kappa shape index (κ1) is 13.3. The number of ketones is 1. The van der Waals surface area contributed by atoms with Crippen LogP contribution in [0.4, 0.5) is 0 Å². The van der Waals surface area contributed by atoms with E-state index in [4.69, 9.17) is 16.3 Å². The Hall–Kier alpha value is -2.13. The van der Waals surface area contributed by atoms with Gasteiger partial charge in [-0.3, -0.25) is 9.78 Å². The molecule has 0 spiro atoms. The second kappa shape index (κ2) is 6.16. The molecule has 0 aliphatic heterocycles. The highest BCUT2D eigenvalue weighted by atomic mass is 35.5. The quantitative estimate of drug-likeness (QED) is 0.618. The lowest BCUT2D eigenvalue weighted by molar-refractivity contribution is 0.103. The van der Waals surface area contributed by atoms with E-state index in [1.165, 1.54) is 6.20 Å². The highest BCUT2D eigenvalue weighted by Crippen LogP contribution is 2.25. The van der Waals surface area contributed by atoms with Gasteiger partial charge in [0.05, 0.1) is 5.56 Å². The summed E-state index contributed by atoms with van der Waals surface area (Å²) in [6.07, 6.45) is 4.75. The summed E-state index contributed by atoms with van der Waals surface area (Å²) in [7, 11) is 0. The first-order valence-corrected chi connectivity index (χ1v) is 6.08. The van der Waals surface area contributed by atoms with Gasteiger partial charge in [-0.05, 0) is 30.3 Å². The SMILES string of the molecule is C=CCOc1ccc(Cl)cc1C(=O)c1cccnc1. The van der Waals surface area contributed by atoms with Crippen LogP contribution in [-0.2, 0) is 0 Å². The molecule has 0 aliphatic rings. The van der Waals surface area contributed by atoms with E-state index in [1.54, 1.807) is 42.6 Å². The van der Waals surface area contributed by atoms with E-state index < -0.39 is 0 Å². The minimum absolute atomic E-state index is 0.172. The summed E-state index contributed by atoms with van der Waals surface area (Å²) in [5.41, 5.74) is 0.913. The molecule has 96 valence electrons. The van der Waals surface area contributed by atoms with E-state index in [0.29, 0.717) is 28.5 Å². The van der Waals surface area contributed by atoms with Gasteiger partial charge in [-0.1, -0.05) is 24.3 Å². The molecule has 1 heterocycles. The number of hydrogen-bond donors (Lipinski definition) is 0. The van der Waals surface area contributed by atoms with Crippen molar-refractivity contribution in [1.82, 2.24) is 4.98 Å². The van der Waals surface area contributed by atoms with Crippen molar-refractivity contribution in [3.8, 4) is 5.75 Å².